The van der Waals surface area contributed by atoms with Crippen molar-refractivity contribution in [2.24, 2.45) is 12.0 Å². The van der Waals surface area contributed by atoms with Crippen LogP contribution < -0.4 is 10.6 Å². The van der Waals surface area contributed by atoms with E-state index in [1.165, 1.54) is 24.3 Å². The predicted octanol–water partition coefficient (Wildman–Crippen LogP) is 4.23. The first kappa shape index (κ1) is 22.2. The molecule has 0 saturated heterocycles. The molecule has 1 heterocycles. The van der Waals surface area contributed by atoms with E-state index in [-0.39, 0.29) is 11.7 Å². The van der Waals surface area contributed by atoms with Gasteiger partial charge in [0, 0.05) is 30.5 Å². The Morgan fingerprint density at radius 2 is 1.81 bits per heavy atom. The van der Waals surface area contributed by atoms with Gasteiger partial charge in [-0.2, -0.15) is 5.10 Å². The van der Waals surface area contributed by atoms with Gasteiger partial charge in [-0.15, -0.1) is 0 Å². The summed E-state index contributed by atoms with van der Waals surface area (Å²) in [6.07, 6.45) is 0.704. The first-order chi connectivity index (χ1) is 14.7. The summed E-state index contributed by atoms with van der Waals surface area (Å²) in [6, 6.07) is 11.4. The highest BCUT2D eigenvalue weighted by atomic mass is 19.1. The minimum absolute atomic E-state index is 0.348. The largest absolute Gasteiger partial charge is 0.326 e. The van der Waals surface area contributed by atoms with Gasteiger partial charge in [-0.05, 0) is 75.6 Å². The molecule has 7 heteroatoms. The SMILES string of the molecule is Cc1ccc(NC(=NCCc2c(C)nn(C)c2C)NC(=O)c2ccc(F)cc2)c(C)c1. The summed E-state index contributed by atoms with van der Waals surface area (Å²) in [5.41, 5.74) is 6.65. The number of aromatic nitrogens is 2. The number of anilines is 1. The third kappa shape index (κ3) is 5.57. The fourth-order valence-corrected chi connectivity index (χ4v) is 3.43. The van der Waals surface area contributed by atoms with Crippen molar-refractivity contribution in [1.82, 2.24) is 15.1 Å². The van der Waals surface area contributed by atoms with Crippen LogP contribution in [0.5, 0.6) is 0 Å². The Morgan fingerprint density at radius 3 is 2.42 bits per heavy atom. The second-order valence-corrected chi connectivity index (χ2v) is 7.66. The number of guanidine groups is 1. The van der Waals surface area contributed by atoms with Crippen LogP contribution in [0.1, 0.15) is 38.4 Å². The zero-order valence-electron chi connectivity index (χ0n) is 18.6. The molecule has 0 unspecified atom stereocenters. The van der Waals surface area contributed by atoms with Gasteiger partial charge in [-0.3, -0.25) is 19.8 Å². The topological polar surface area (TPSA) is 71.3 Å². The standard InChI is InChI=1S/C24H28FN5O/c1-15-6-11-22(16(2)14-15)27-24(28-23(31)19-7-9-20(25)10-8-19)26-13-12-21-17(3)29-30(5)18(21)4/h6-11,14H,12-13H2,1-5H3,(H2,26,27,28,31). The van der Waals surface area contributed by atoms with Crippen LogP contribution in [0.4, 0.5) is 10.1 Å². The van der Waals surface area contributed by atoms with E-state index in [2.05, 4.69) is 26.8 Å². The van der Waals surface area contributed by atoms with Crippen LogP contribution in [-0.4, -0.2) is 28.2 Å². The summed E-state index contributed by atoms with van der Waals surface area (Å²) in [5, 5.41) is 10.5. The average Bonchev–Trinajstić information content (AvgIpc) is 2.96. The smallest absolute Gasteiger partial charge is 0.257 e. The molecule has 0 aliphatic rings. The lowest BCUT2D eigenvalue weighted by Crippen LogP contribution is -2.36. The molecule has 0 spiro atoms. The number of nitrogens with zero attached hydrogens (tertiary/aromatic N) is 3. The van der Waals surface area contributed by atoms with E-state index in [1.54, 1.807) is 0 Å². The highest BCUT2D eigenvalue weighted by Crippen LogP contribution is 2.16. The molecule has 0 saturated carbocycles. The Morgan fingerprint density at radius 1 is 1.10 bits per heavy atom. The second kappa shape index (κ2) is 9.55. The van der Waals surface area contributed by atoms with E-state index in [1.807, 2.05) is 51.6 Å². The van der Waals surface area contributed by atoms with Crippen LogP contribution in [-0.2, 0) is 13.5 Å². The maximum Gasteiger partial charge on any atom is 0.257 e. The summed E-state index contributed by atoms with van der Waals surface area (Å²) in [5.74, 6) is -0.397. The van der Waals surface area contributed by atoms with E-state index < -0.39 is 0 Å². The minimum Gasteiger partial charge on any atom is -0.326 e. The summed E-state index contributed by atoms with van der Waals surface area (Å²) in [7, 11) is 1.92. The zero-order chi connectivity index (χ0) is 22.5. The maximum absolute atomic E-state index is 13.2. The summed E-state index contributed by atoms with van der Waals surface area (Å²) < 4.78 is 15.1. The van der Waals surface area contributed by atoms with Gasteiger partial charge in [0.15, 0.2) is 0 Å². The molecule has 6 nitrogen and oxygen atoms in total. The van der Waals surface area contributed by atoms with Crippen LogP contribution >= 0.6 is 0 Å². The molecule has 0 aliphatic heterocycles. The van der Waals surface area contributed by atoms with E-state index in [4.69, 9.17) is 0 Å². The minimum atomic E-state index is -0.388. The summed E-state index contributed by atoms with van der Waals surface area (Å²) in [6.45, 7) is 8.52. The van der Waals surface area contributed by atoms with Crippen molar-refractivity contribution in [2.75, 3.05) is 11.9 Å². The fourth-order valence-electron chi connectivity index (χ4n) is 3.43. The predicted molar refractivity (Wildman–Crippen MR) is 122 cm³/mol. The van der Waals surface area contributed by atoms with Crippen molar-refractivity contribution >= 4 is 17.6 Å². The van der Waals surface area contributed by atoms with Gasteiger partial charge < -0.3 is 5.32 Å². The van der Waals surface area contributed by atoms with Gasteiger partial charge in [-0.25, -0.2) is 4.39 Å². The third-order valence-electron chi connectivity index (χ3n) is 5.26. The van der Waals surface area contributed by atoms with Gasteiger partial charge in [0.25, 0.3) is 5.91 Å². The Labute approximate surface area is 182 Å². The number of aryl methyl sites for hydroxylation is 4. The van der Waals surface area contributed by atoms with E-state index in [0.717, 1.165) is 33.8 Å². The molecule has 0 fully saturated rings. The number of rotatable bonds is 5. The number of halogens is 1. The number of hydrogen-bond acceptors (Lipinski definition) is 3. The first-order valence-electron chi connectivity index (χ1n) is 10.2. The molecule has 0 aliphatic carbocycles. The van der Waals surface area contributed by atoms with Crippen molar-refractivity contribution in [1.29, 1.82) is 0 Å². The number of amides is 1. The van der Waals surface area contributed by atoms with Crippen LogP contribution in [0.25, 0.3) is 0 Å². The normalized spacial score (nSPS) is 11.5. The van der Waals surface area contributed by atoms with Crippen molar-refractivity contribution in [3.05, 3.63) is 81.9 Å². The van der Waals surface area contributed by atoms with E-state index in [9.17, 15) is 9.18 Å². The maximum atomic E-state index is 13.2. The highest BCUT2D eigenvalue weighted by Gasteiger charge is 2.12. The highest BCUT2D eigenvalue weighted by molar-refractivity contribution is 6.10. The molecule has 1 amide bonds. The Balaban J connectivity index is 1.81. The Hall–Kier alpha value is -3.48. The zero-order valence-corrected chi connectivity index (χ0v) is 18.6. The fraction of sp³-hybridized carbons (Fsp3) is 0.292. The molecule has 162 valence electrons. The average molecular weight is 422 g/mol. The molecule has 3 rings (SSSR count). The van der Waals surface area contributed by atoms with Crippen LogP contribution in [0.2, 0.25) is 0 Å². The third-order valence-corrected chi connectivity index (χ3v) is 5.26. The quantitative estimate of drug-likeness (QED) is 0.478. The van der Waals surface area contributed by atoms with Crippen molar-refractivity contribution < 1.29 is 9.18 Å². The number of aliphatic imine (C=N–C) groups is 1. The van der Waals surface area contributed by atoms with Crippen LogP contribution in [0, 0.1) is 33.5 Å². The number of hydrogen-bond donors (Lipinski definition) is 2. The van der Waals surface area contributed by atoms with Gasteiger partial charge in [-0.1, -0.05) is 17.7 Å². The number of carbonyl (C=O) groups excluding carboxylic acids is 1. The Kier molecular flexibility index (Phi) is 6.84. The van der Waals surface area contributed by atoms with Gasteiger partial charge in [0.1, 0.15) is 5.82 Å². The lowest BCUT2D eigenvalue weighted by atomic mass is 10.1. The number of carbonyl (C=O) groups is 1. The molecule has 1 aromatic heterocycles. The van der Waals surface area contributed by atoms with Gasteiger partial charge in [0.2, 0.25) is 5.96 Å². The second-order valence-electron chi connectivity index (χ2n) is 7.66. The molecule has 3 aromatic rings. The molecule has 31 heavy (non-hydrogen) atoms. The number of benzene rings is 2. The molecule has 0 atom stereocenters. The molecule has 0 bridgehead atoms. The van der Waals surface area contributed by atoms with Crippen molar-refractivity contribution in [3.8, 4) is 0 Å². The van der Waals surface area contributed by atoms with Crippen molar-refractivity contribution in [2.45, 2.75) is 34.1 Å². The lowest BCUT2D eigenvalue weighted by Gasteiger charge is -2.14. The molecule has 2 N–H and O–H groups in total. The first-order valence-corrected chi connectivity index (χ1v) is 10.2. The lowest BCUT2D eigenvalue weighted by molar-refractivity contribution is 0.0977. The van der Waals surface area contributed by atoms with Crippen LogP contribution in [0.15, 0.2) is 47.5 Å². The van der Waals surface area contributed by atoms with Crippen LogP contribution in [0.3, 0.4) is 0 Å². The van der Waals surface area contributed by atoms with E-state index in [0.29, 0.717) is 24.5 Å². The molecule has 0 radical (unpaired) electrons. The summed E-state index contributed by atoms with van der Waals surface area (Å²) in [4.78, 5) is 17.3. The van der Waals surface area contributed by atoms with E-state index >= 15 is 0 Å². The van der Waals surface area contributed by atoms with Gasteiger partial charge in [0.05, 0.1) is 5.69 Å². The molecular weight excluding hydrogens is 393 g/mol. The van der Waals surface area contributed by atoms with Gasteiger partial charge >= 0.3 is 0 Å². The monoisotopic (exact) mass is 421 g/mol. The Bertz CT molecular complexity index is 1120. The molecular formula is C24H28FN5O. The number of nitrogens with one attached hydrogen (secondary N) is 2. The van der Waals surface area contributed by atoms with Crippen molar-refractivity contribution in [3.63, 3.8) is 0 Å². The molecule has 2 aromatic carbocycles. The summed E-state index contributed by atoms with van der Waals surface area (Å²) >= 11 is 0.